The molecular formula is C42H83O11PS. The van der Waals surface area contributed by atoms with E-state index in [1.165, 1.54) is 51.4 Å². The summed E-state index contributed by atoms with van der Waals surface area (Å²) in [6, 6.07) is 0. The highest BCUT2D eigenvalue weighted by atomic mass is 32.2. The van der Waals surface area contributed by atoms with Gasteiger partial charge in [-0.25, -0.2) is 0 Å². The largest absolute Gasteiger partial charge is 0.387 e. The SMILES string of the molecule is CCCCCCCCOCC(CC(CCCCCC/C=C\CCCCCCCCP(=O)(O)O)SO[C@@H]1[C@@H](O)[C@H](O)[C@@H](O)[C@H](O)[C@@H]1O)OCCCCCCCC. The minimum atomic E-state index is -3.86. The number of aliphatic hydroxyl groups is 5. The summed E-state index contributed by atoms with van der Waals surface area (Å²) in [5.41, 5.74) is 0. The molecule has 13 heteroatoms. The Morgan fingerprint density at radius 1 is 0.582 bits per heavy atom. The normalized spacial score (nSPS) is 23.1. The lowest BCUT2D eigenvalue weighted by atomic mass is 9.85. The van der Waals surface area contributed by atoms with Crippen molar-refractivity contribution in [2.24, 2.45) is 0 Å². The number of hydrogen-bond donors (Lipinski definition) is 7. The Morgan fingerprint density at radius 3 is 1.58 bits per heavy atom. The van der Waals surface area contributed by atoms with Crippen LogP contribution in [0.4, 0.5) is 0 Å². The molecule has 55 heavy (non-hydrogen) atoms. The first-order valence-electron chi connectivity index (χ1n) is 22.1. The number of allylic oxidation sites excluding steroid dienone is 2. The summed E-state index contributed by atoms with van der Waals surface area (Å²) in [6.07, 6.45) is 23.2. The molecule has 0 radical (unpaired) electrons. The summed E-state index contributed by atoms with van der Waals surface area (Å²) in [5.74, 6) is 0. The van der Waals surface area contributed by atoms with Crippen LogP contribution in [0, 0.1) is 0 Å². The van der Waals surface area contributed by atoms with Crippen LogP contribution in [0.25, 0.3) is 0 Å². The van der Waals surface area contributed by atoms with Crippen LogP contribution < -0.4 is 0 Å². The Balaban J connectivity index is 2.62. The third kappa shape index (κ3) is 28.1. The van der Waals surface area contributed by atoms with Crippen molar-refractivity contribution in [1.29, 1.82) is 0 Å². The highest BCUT2D eigenvalue weighted by molar-refractivity contribution is 7.95. The van der Waals surface area contributed by atoms with Gasteiger partial charge < -0.3 is 49.0 Å². The van der Waals surface area contributed by atoms with E-state index >= 15 is 0 Å². The summed E-state index contributed by atoms with van der Waals surface area (Å²) >= 11 is 1.16. The zero-order valence-electron chi connectivity index (χ0n) is 34.6. The number of unbranched alkanes of at least 4 members (excludes halogenated alkanes) is 20. The molecule has 0 aliphatic heterocycles. The number of aliphatic hydroxyl groups excluding tert-OH is 5. The van der Waals surface area contributed by atoms with Crippen LogP contribution in [0.3, 0.4) is 0 Å². The summed E-state index contributed by atoms with van der Waals surface area (Å²) in [6.45, 7) is 6.31. The van der Waals surface area contributed by atoms with Crippen molar-refractivity contribution in [3.05, 3.63) is 12.2 Å². The zero-order chi connectivity index (χ0) is 40.6. The highest BCUT2D eigenvalue weighted by Crippen LogP contribution is 2.35. The van der Waals surface area contributed by atoms with Crippen LogP contribution in [-0.4, -0.2) is 109 Å². The molecule has 8 atom stereocenters. The fourth-order valence-electron chi connectivity index (χ4n) is 6.98. The lowest BCUT2D eigenvalue weighted by Crippen LogP contribution is -2.63. The minimum absolute atomic E-state index is 0.00622. The van der Waals surface area contributed by atoms with Crippen LogP contribution in [0.2, 0.25) is 0 Å². The van der Waals surface area contributed by atoms with Crippen molar-refractivity contribution in [2.45, 2.75) is 229 Å². The van der Waals surface area contributed by atoms with Gasteiger partial charge in [0.15, 0.2) is 0 Å². The van der Waals surface area contributed by atoms with Gasteiger partial charge in [-0.1, -0.05) is 135 Å². The van der Waals surface area contributed by atoms with Crippen LogP contribution in [0.5, 0.6) is 0 Å². The Hall–Kier alpha value is -0.0800. The molecule has 2 unspecified atom stereocenters. The Morgan fingerprint density at radius 2 is 1.04 bits per heavy atom. The van der Waals surface area contributed by atoms with Crippen molar-refractivity contribution < 1.29 is 53.5 Å². The fourth-order valence-corrected chi connectivity index (χ4v) is 8.68. The Kier molecular flexibility index (Phi) is 33.4. The first kappa shape index (κ1) is 52.9. The van der Waals surface area contributed by atoms with E-state index in [1.54, 1.807) is 0 Å². The van der Waals surface area contributed by atoms with E-state index in [-0.39, 0.29) is 17.5 Å². The Labute approximate surface area is 339 Å². The lowest BCUT2D eigenvalue weighted by molar-refractivity contribution is -0.214. The predicted molar refractivity (Wildman–Crippen MR) is 224 cm³/mol. The first-order valence-corrected chi connectivity index (χ1v) is 24.7. The molecule has 0 aromatic carbocycles. The van der Waals surface area contributed by atoms with Gasteiger partial charge >= 0.3 is 7.60 Å². The molecule has 1 aliphatic carbocycles. The molecule has 1 fully saturated rings. The standard InChI is InChI=1S/C42H83O11PS/c1-3-5-7-9-22-26-30-51-34-35(52-31-27-23-10-8-6-4-2)33-36(55-53-42-40(46)38(44)37(43)39(45)41(42)47)29-25-21-19-17-15-13-11-12-14-16-18-20-24-28-32-54(48,49)50/h11,13,35-47H,3-10,12,14-34H2,1-2H3,(H2,48,49,50)/b13-11-/t35?,36?,37-,38-,39+,40-,41-,42-/m0/s1. The van der Waals surface area contributed by atoms with Gasteiger partial charge in [-0.05, 0) is 69.8 Å². The molecule has 7 N–H and O–H groups in total. The summed E-state index contributed by atoms with van der Waals surface area (Å²) < 4.78 is 29.5. The molecule has 0 bridgehead atoms. The quantitative estimate of drug-likeness (QED) is 0.0136. The van der Waals surface area contributed by atoms with Crippen LogP contribution in [0.15, 0.2) is 12.2 Å². The van der Waals surface area contributed by atoms with Crippen molar-refractivity contribution in [3.8, 4) is 0 Å². The molecule has 1 saturated carbocycles. The predicted octanol–water partition coefficient (Wildman–Crippen LogP) is 8.52. The van der Waals surface area contributed by atoms with Gasteiger partial charge in [-0.15, -0.1) is 0 Å². The van der Waals surface area contributed by atoms with Crippen LogP contribution in [0.1, 0.15) is 181 Å². The van der Waals surface area contributed by atoms with Crippen molar-refractivity contribution >= 4 is 19.6 Å². The molecule has 0 heterocycles. The van der Waals surface area contributed by atoms with E-state index in [1.807, 2.05) is 0 Å². The molecule has 11 nitrogen and oxygen atoms in total. The maximum absolute atomic E-state index is 10.9. The number of ether oxygens (including phenoxy) is 2. The van der Waals surface area contributed by atoms with Crippen LogP contribution in [-0.2, 0) is 18.2 Å². The van der Waals surface area contributed by atoms with Gasteiger partial charge in [0.1, 0.15) is 36.6 Å². The average Bonchev–Trinajstić information content (AvgIpc) is 3.15. The van der Waals surface area contributed by atoms with Gasteiger partial charge in [0.2, 0.25) is 0 Å². The molecule has 1 aliphatic rings. The van der Waals surface area contributed by atoms with Gasteiger partial charge in [-0.2, -0.15) is 0 Å². The highest BCUT2D eigenvalue weighted by Gasteiger charge is 2.49. The molecular weight excluding hydrogens is 743 g/mol. The van der Waals surface area contributed by atoms with Crippen molar-refractivity contribution in [2.75, 3.05) is 26.0 Å². The topological polar surface area (TPSA) is 186 Å². The second-order valence-corrected chi connectivity index (χ2v) is 18.7. The Bertz CT molecular complexity index is 925. The van der Waals surface area contributed by atoms with E-state index in [9.17, 15) is 30.1 Å². The van der Waals surface area contributed by atoms with E-state index < -0.39 is 44.2 Å². The minimum Gasteiger partial charge on any atom is -0.387 e. The lowest BCUT2D eigenvalue weighted by Gasteiger charge is -2.41. The summed E-state index contributed by atoms with van der Waals surface area (Å²) in [7, 11) is -3.86. The van der Waals surface area contributed by atoms with Crippen molar-refractivity contribution in [1.82, 2.24) is 0 Å². The third-order valence-electron chi connectivity index (χ3n) is 10.6. The molecule has 328 valence electrons. The fraction of sp³-hybridized carbons (Fsp3) is 0.952. The monoisotopic (exact) mass is 827 g/mol. The zero-order valence-corrected chi connectivity index (χ0v) is 36.3. The van der Waals surface area contributed by atoms with Gasteiger partial charge in [0, 0.05) is 24.6 Å². The number of hydrogen-bond acceptors (Lipinski definition) is 10. The van der Waals surface area contributed by atoms with Gasteiger partial charge in [-0.3, -0.25) is 4.57 Å². The molecule has 0 amide bonds. The molecule has 0 saturated heterocycles. The van der Waals surface area contributed by atoms with E-state index in [4.69, 9.17) is 23.4 Å². The van der Waals surface area contributed by atoms with Gasteiger partial charge in [0.05, 0.1) is 12.7 Å². The maximum Gasteiger partial charge on any atom is 0.325 e. The van der Waals surface area contributed by atoms with Crippen LogP contribution >= 0.6 is 19.6 Å². The second kappa shape index (κ2) is 34.8. The van der Waals surface area contributed by atoms with Crippen molar-refractivity contribution in [3.63, 3.8) is 0 Å². The summed E-state index contributed by atoms with van der Waals surface area (Å²) in [5, 5.41) is 51.7. The molecule has 0 aromatic heterocycles. The van der Waals surface area contributed by atoms with E-state index in [2.05, 4.69) is 26.0 Å². The summed E-state index contributed by atoms with van der Waals surface area (Å²) in [4.78, 5) is 17.9. The number of rotatable bonds is 38. The van der Waals surface area contributed by atoms with E-state index in [0.717, 1.165) is 115 Å². The molecule has 0 spiro atoms. The third-order valence-corrected chi connectivity index (χ3v) is 12.5. The van der Waals surface area contributed by atoms with Gasteiger partial charge in [0.25, 0.3) is 0 Å². The smallest absolute Gasteiger partial charge is 0.325 e. The second-order valence-electron chi connectivity index (χ2n) is 15.8. The molecule has 0 aromatic rings. The average molecular weight is 827 g/mol. The molecule has 1 rings (SSSR count). The van der Waals surface area contributed by atoms with E-state index in [0.29, 0.717) is 32.7 Å². The first-order chi connectivity index (χ1) is 26.5. The maximum atomic E-state index is 10.9.